The van der Waals surface area contributed by atoms with E-state index in [4.69, 9.17) is 5.11 Å². The summed E-state index contributed by atoms with van der Waals surface area (Å²) in [6, 6.07) is 5.88. The second kappa shape index (κ2) is 6.23. The number of aromatic nitrogens is 1. The summed E-state index contributed by atoms with van der Waals surface area (Å²) in [6.07, 6.45) is 4.47. The highest BCUT2D eigenvalue weighted by molar-refractivity contribution is 5.89. The molecule has 1 N–H and O–H groups in total. The molecular weight excluding hydrogens is 210 g/mol. The van der Waals surface area contributed by atoms with E-state index in [9.17, 15) is 4.79 Å². The van der Waals surface area contributed by atoms with E-state index in [2.05, 4.69) is 14.1 Å². The van der Waals surface area contributed by atoms with Crippen LogP contribution in [-0.4, -0.2) is 23.2 Å². The molecule has 0 saturated carbocycles. The van der Waals surface area contributed by atoms with Crippen molar-refractivity contribution in [2.75, 3.05) is 7.11 Å². The fourth-order valence-corrected chi connectivity index (χ4v) is 0.891. The lowest BCUT2D eigenvalue weighted by molar-refractivity contribution is 0.0600. The van der Waals surface area contributed by atoms with Gasteiger partial charge in [0.2, 0.25) is 0 Å². The molecule has 5 nitrogen and oxygen atoms in total. The number of hydrogen-bond donors (Lipinski definition) is 1. The largest absolute Gasteiger partial charge is 0.508 e. The fraction of sp³-hybridized carbons (Fsp3) is 0.0909. The molecule has 0 fully saturated rings. The number of benzene rings is 1. The molecule has 0 aliphatic rings. The lowest BCUT2D eigenvalue weighted by Crippen LogP contribution is -1.99. The van der Waals surface area contributed by atoms with Crippen LogP contribution in [0.2, 0.25) is 0 Å². The molecule has 0 radical (unpaired) electrons. The van der Waals surface area contributed by atoms with Crippen molar-refractivity contribution in [3.63, 3.8) is 0 Å². The number of phenolic OH excluding ortho intramolecular Hbond substituents is 1. The molecule has 2 aromatic rings. The van der Waals surface area contributed by atoms with Gasteiger partial charge in [0, 0.05) is 0 Å². The van der Waals surface area contributed by atoms with Gasteiger partial charge in [-0.25, -0.2) is 9.78 Å². The highest BCUT2D eigenvalue weighted by Gasteiger charge is 2.02. The predicted molar refractivity (Wildman–Crippen MR) is 55.9 cm³/mol. The number of phenols is 1. The Morgan fingerprint density at radius 2 is 2.06 bits per heavy atom. The fourth-order valence-electron chi connectivity index (χ4n) is 0.891. The van der Waals surface area contributed by atoms with Crippen molar-refractivity contribution >= 4 is 5.97 Å². The van der Waals surface area contributed by atoms with Gasteiger partial charge in [-0.15, -0.1) is 0 Å². The number of carbonyl (C=O) groups is 1. The van der Waals surface area contributed by atoms with Gasteiger partial charge < -0.3 is 14.3 Å². The molecule has 0 saturated heterocycles. The summed E-state index contributed by atoms with van der Waals surface area (Å²) in [6.45, 7) is 0. The second-order valence-electron chi connectivity index (χ2n) is 2.71. The van der Waals surface area contributed by atoms with E-state index in [0.717, 1.165) is 0 Å². The van der Waals surface area contributed by atoms with Gasteiger partial charge in [-0.3, -0.25) is 0 Å². The first-order valence-corrected chi connectivity index (χ1v) is 4.43. The van der Waals surface area contributed by atoms with E-state index >= 15 is 0 Å². The second-order valence-corrected chi connectivity index (χ2v) is 2.71. The zero-order valence-electron chi connectivity index (χ0n) is 8.66. The average Bonchev–Trinajstić information content (AvgIpc) is 2.88. The van der Waals surface area contributed by atoms with Crippen LogP contribution in [0.4, 0.5) is 0 Å². The molecule has 0 atom stereocenters. The van der Waals surface area contributed by atoms with Crippen molar-refractivity contribution in [1.29, 1.82) is 0 Å². The maximum Gasteiger partial charge on any atom is 0.337 e. The topological polar surface area (TPSA) is 72.6 Å². The lowest BCUT2D eigenvalue weighted by atomic mass is 10.2. The third kappa shape index (κ3) is 3.83. The van der Waals surface area contributed by atoms with Crippen LogP contribution in [-0.2, 0) is 4.74 Å². The molecule has 0 unspecified atom stereocenters. The van der Waals surface area contributed by atoms with Gasteiger partial charge in [0.05, 0.1) is 18.9 Å². The number of hydrogen-bond acceptors (Lipinski definition) is 5. The average molecular weight is 221 g/mol. The van der Waals surface area contributed by atoms with Crippen LogP contribution >= 0.6 is 0 Å². The molecule has 16 heavy (non-hydrogen) atoms. The van der Waals surface area contributed by atoms with E-state index in [1.54, 1.807) is 6.20 Å². The van der Waals surface area contributed by atoms with Gasteiger partial charge in [0.1, 0.15) is 12.0 Å². The van der Waals surface area contributed by atoms with E-state index in [1.807, 2.05) is 0 Å². The van der Waals surface area contributed by atoms with Crippen LogP contribution in [0.15, 0.2) is 47.5 Å². The standard InChI is InChI=1S/C8H8O3.C3H3NO/c1-11-8(10)6-2-4-7(9)5-3-6;1-2-5-3-4-1/h2-5,9H,1H3;1-3H. The Hall–Kier alpha value is -2.30. The molecule has 1 aromatic heterocycles. The van der Waals surface area contributed by atoms with Crippen LogP contribution < -0.4 is 0 Å². The van der Waals surface area contributed by atoms with Crippen LogP contribution in [0.1, 0.15) is 10.4 Å². The van der Waals surface area contributed by atoms with Gasteiger partial charge in [-0.1, -0.05) is 0 Å². The number of methoxy groups -OCH3 is 1. The first-order chi connectivity index (χ1) is 7.74. The Morgan fingerprint density at radius 3 is 2.44 bits per heavy atom. The van der Waals surface area contributed by atoms with Crippen LogP contribution in [0.25, 0.3) is 0 Å². The summed E-state index contributed by atoms with van der Waals surface area (Å²) in [7, 11) is 1.31. The first kappa shape index (κ1) is 11.8. The Morgan fingerprint density at radius 1 is 1.38 bits per heavy atom. The number of oxazole rings is 1. The molecule has 0 aliphatic heterocycles. The number of nitrogens with zero attached hydrogens (tertiary/aromatic N) is 1. The summed E-state index contributed by atoms with van der Waals surface area (Å²) >= 11 is 0. The van der Waals surface area contributed by atoms with E-state index in [1.165, 1.54) is 44.0 Å². The minimum absolute atomic E-state index is 0.137. The Bertz CT molecular complexity index is 391. The normalized spacial score (nSPS) is 8.81. The molecule has 84 valence electrons. The summed E-state index contributed by atoms with van der Waals surface area (Å²) in [4.78, 5) is 14.4. The summed E-state index contributed by atoms with van der Waals surface area (Å²) in [5.41, 5.74) is 0.435. The van der Waals surface area contributed by atoms with Crippen LogP contribution in [0.5, 0.6) is 5.75 Å². The molecule has 1 heterocycles. The van der Waals surface area contributed by atoms with Crippen molar-refractivity contribution in [1.82, 2.24) is 4.98 Å². The van der Waals surface area contributed by atoms with Gasteiger partial charge >= 0.3 is 5.97 Å². The van der Waals surface area contributed by atoms with Crippen molar-refractivity contribution < 1.29 is 19.1 Å². The zero-order chi connectivity index (χ0) is 11.8. The molecule has 5 heteroatoms. The van der Waals surface area contributed by atoms with Gasteiger partial charge in [0.15, 0.2) is 6.39 Å². The van der Waals surface area contributed by atoms with Crippen molar-refractivity contribution in [3.05, 3.63) is 48.7 Å². The van der Waals surface area contributed by atoms with Crippen LogP contribution in [0, 0.1) is 0 Å². The van der Waals surface area contributed by atoms with Gasteiger partial charge in [-0.2, -0.15) is 0 Å². The molecule has 1 aromatic carbocycles. The minimum atomic E-state index is -0.398. The number of esters is 1. The van der Waals surface area contributed by atoms with Gasteiger partial charge in [-0.05, 0) is 24.3 Å². The zero-order valence-corrected chi connectivity index (χ0v) is 8.66. The molecule has 0 amide bonds. The summed E-state index contributed by atoms with van der Waals surface area (Å²) < 4.78 is 8.93. The highest BCUT2D eigenvalue weighted by atomic mass is 16.5. The number of ether oxygens (including phenoxy) is 1. The van der Waals surface area contributed by atoms with Crippen LogP contribution in [0.3, 0.4) is 0 Å². The summed E-state index contributed by atoms with van der Waals surface area (Å²) in [5, 5.41) is 8.86. The van der Waals surface area contributed by atoms with Gasteiger partial charge in [0.25, 0.3) is 0 Å². The molecule has 2 rings (SSSR count). The Balaban J connectivity index is 0.000000212. The lowest BCUT2D eigenvalue weighted by Gasteiger charge is -1.97. The Labute approximate surface area is 92.3 Å². The molecular formula is C11H11NO4. The monoisotopic (exact) mass is 221 g/mol. The molecule has 0 bridgehead atoms. The number of carbonyl (C=O) groups excluding carboxylic acids is 1. The predicted octanol–water partition coefficient (Wildman–Crippen LogP) is 1.85. The minimum Gasteiger partial charge on any atom is -0.508 e. The third-order valence-corrected chi connectivity index (χ3v) is 1.64. The van der Waals surface area contributed by atoms with E-state index in [0.29, 0.717) is 5.56 Å². The van der Waals surface area contributed by atoms with E-state index in [-0.39, 0.29) is 5.75 Å². The first-order valence-electron chi connectivity index (χ1n) is 4.43. The van der Waals surface area contributed by atoms with Crippen molar-refractivity contribution in [2.45, 2.75) is 0 Å². The van der Waals surface area contributed by atoms with Crippen molar-refractivity contribution in [3.8, 4) is 5.75 Å². The number of rotatable bonds is 1. The quantitative estimate of drug-likeness (QED) is 0.744. The summed E-state index contributed by atoms with van der Waals surface area (Å²) in [5.74, 6) is -0.261. The SMILES string of the molecule is COC(=O)c1ccc(O)cc1.c1cocn1. The molecule has 0 aliphatic carbocycles. The maximum atomic E-state index is 10.8. The molecule has 0 spiro atoms. The van der Waals surface area contributed by atoms with E-state index < -0.39 is 5.97 Å². The number of aromatic hydroxyl groups is 1. The van der Waals surface area contributed by atoms with Crippen molar-refractivity contribution in [2.24, 2.45) is 0 Å². The maximum absolute atomic E-state index is 10.8. The smallest absolute Gasteiger partial charge is 0.337 e. The third-order valence-electron chi connectivity index (χ3n) is 1.64. The Kier molecular flexibility index (Phi) is 4.59. The highest BCUT2D eigenvalue weighted by Crippen LogP contribution is 2.09.